The Morgan fingerprint density at radius 2 is 1.68 bits per heavy atom. The lowest BCUT2D eigenvalue weighted by molar-refractivity contribution is 0.0706. The summed E-state index contributed by atoms with van der Waals surface area (Å²) >= 11 is 0. The van der Waals surface area contributed by atoms with Crippen molar-refractivity contribution in [2.75, 3.05) is 34.9 Å². The van der Waals surface area contributed by atoms with Crippen LogP contribution in [0.15, 0.2) is 60.9 Å². The van der Waals surface area contributed by atoms with E-state index in [1.54, 1.807) is 49.4 Å². The van der Waals surface area contributed by atoms with Gasteiger partial charge in [0.25, 0.3) is 5.91 Å². The van der Waals surface area contributed by atoms with Crippen molar-refractivity contribution in [3.05, 3.63) is 89.0 Å². The molecule has 41 heavy (non-hydrogen) atoms. The van der Waals surface area contributed by atoms with Crippen LogP contribution in [0.3, 0.4) is 0 Å². The van der Waals surface area contributed by atoms with E-state index in [2.05, 4.69) is 0 Å². The van der Waals surface area contributed by atoms with Crippen LogP contribution < -0.4 is 14.2 Å². The summed E-state index contributed by atoms with van der Waals surface area (Å²) in [6.07, 6.45) is 4.57. The number of nitrogens with zero attached hydrogens (tertiary/aromatic N) is 3. The van der Waals surface area contributed by atoms with E-state index in [1.165, 1.54) is 18.5 Å². The number of rotatable bonds is 10. The van der Waals surface area contributed by atoms with Crippen LogP contribution >= 0.6 is 0 Å². The Morgan fingerprint density at radius 3 is 2.32 bits per heavy atom. The first kappa shape index (κ1) is 29.5. The monoisotopic (exact) mass is 560 g/mol. The third-order valence-corrected chi connectivity index (χ3v) is 6.92. The second-order valence-corrected chi connectivity index (χ2v) is 10.3. The molecule has 8 nitrogen and oxygen atoms in total. The lowest BCUT2D eigenvalue weighted by Gasteiger charge is -2.23. The summed E-state index contributed by atoms with van der Waals surface area (Å²) in [4.78, 5) is 19.5. The lowest BCUT2D eigenvalue weighted by atomic mass is 9.94. The zero-order valence-electron chi connectivity index (χ0n) is 24.4. The summed E-state index contributed by atoms with van der Waals surface area (Å²) in [6.45, 7) is 5.01. The first-order valence-corrected chi connectivity index (χ1v) is 13.3. The molecule has 3 aromatic carbocycles. The highest BCUT2D eigenvalue weighted by Gasteiger charge is 2.30. The summed E-state index contributed by atoms with van der Waals surface area (Å²) in [7, 11) is 6.89. The summed E-state index contributed by atoms with van der Waals surface area (Å²) in [5, 5.41) is 7.38. The fourth-order valence-electron chi connectivity index (χ4n) is 4.91. The second kappa shape index (κ2) is 12.8. The molecule has 216 valence electrons. The van der Waals surface area contributed by atoms with E-state index >= 15 is 0 Å². The zero-order chi connectivity index (χ0) is 29.7. The van der Waals surface area contributed by atoms with Gasteiger partial charge in [-0.3, -0.25) is 10.2 Å². The minimum Gasteiger partial charge on any atom is -0.497 e. The van der Waals surface area contributed by atoms with Gasteiger partial charge >= 0.3 is 0 Å². The van der Waals surface area contributed by atoms with Crippen LogP contribution in [0.4, 0.5) is 4.39 Å². The van der Waals surface area contributed by atoms with E-state index in [9.17, 15) is 9.18 Å². The van der Waals surface area contributed by atoms with Crippen LogP contribution in [0, 0.1) is 18.2 Å². The van der Waals surface area contributed by atoms with Gasteiger partial charge in [-0.25, -0.2) is 4.39 Å². The normalized spacial score (nSPS) is 14.8. The summed E-state index contributed by atoms with van der Waals surface area (Å²) in [5.41, 5.74) is 4.51. The van der Waals surface area contributed by atoms with Gasteiger partial charge in [0, 0.05) is 51.2 Å². The van der Waals surface area contributed by atoms with Gasteiger partial charge in [-0.2, -0.15) is 0 Å². The Bertz CT molecular complexity index is 1440. The Balaban J connectivity index is 1.80. The maximum Gasteiger partial charge on any atom is 0.258 e. The molecule has 9 heteroatoms. The van der Waals surface area contributed by atoms with Crippen LogP contribution in [-0.4, -0.2) is 67.9 Å². The summed E-state index contributed by atoms with van der Waals surface area (Å²) in [6, 6.07) is 14.1. The maximum atomic E-state index is 14.2. The minimum absolute atomic E-state index is 0.157. The number of halogens is 1. The Labute approximate surface area is 241 Å². The standard InChI is InChI=1S/C32H37FN4O4/c1-21-11-25(33)7-8-28(21)29-14-24(18-35(3)9-10-36(4)20-34)15-30-31(29)41-22(2)17-37(32(30)38)19-23-12-26(39-5)16-27(13-23)40-6/h7-16,20,22,34H,17-19H2,1-6H3/b10-9-,34-20?. The van der Waals surface area contributed by atoms with Crippen molar-refractivity contribution in [2.45, 2.75) is 33.0 Å². The molecule has 3 aromatic rings. The van der Waals surface area contributed by atoms with Crippen LogP contribution in [0.5, 0.6) is 17.2 Å². The molecule has 0 aromatic heterocycles. The predicted molar refractivity (Wildman–Crippen MR) is 158 cm³/mol. The maximum absolute atomic E-state index is 14.2. The first-order valence-electron chi connectivity index (χ1n) is 13.3. The number of carbonyl (C=O) groups excluding carboxylic acids is 1. The van der Waals surface area contributed by atoms with Crippen molar-refractivity contribution in [1.29, 1.82) is 5.41 Å². The fraction of sp³-hybridized carbons (Fsp3) is 0.312. The predicted octanol–water partition coefficient (Wildman–Crippen LogP) is 5.68. The molecule has 1 unspecified atom stereocenters. The molecule has 0 spiro atoms. The van der Waals surface area contributed by atoms with E-state index in [1.807, 2.05) is 56.3 Å². The highest BCUT2D eigenvalue weighted by atomic mass is 19.1. The van der Waals surface area contributed by atoms with Gasteiger partial charge in [0.05, 0.1) is 32.7 Å². The average molecular weight is 561 g/mol. The van der Waals surface area contributed by atoms with Crippen molar-refractivity contribution < 1.29 is 23.4 Å². The highest BCUT2D eigenvalue weighted by molar-refractivity contribution is 6.00. The van der Waals surface area contributed by atoms with Gasteiger partial charge in [0.1, 0.15) is 29.2 Å². The van der Waals surface area contributed by atoms with Crippen molar-refractivity contribution in [1.82, 2.24) is 14.7 Å². The molecule has 0 radical (unpaired) electrons. The molecule has 0 bridgehead atoms. The Morgan fingerprint density at radius 1 is 1.00 bits per heavy atom. The number of benzene rings is 3. The van der Waals surface area contributed by atoms with Crippen molar-refractivity contribution in [3.8, 4) is 28.4 Å². The van der Waals surface area contributed by atoms with Crippen molar-refractivity contribution in [3.63, 3.8) is 0 Å². The fourth-order valence-corrected chi connectivity index (χ4v) is 4.91. The number of aryl methyl sites for hydroxylation is 1. The van der Waals surface area contributed by atoms with Gasteiger partial charge < -0.3 is 28.9 Å². The number of hydrogen-bond donors (Lipinski definition) is 1. The Hall–Kier alpha value is -4.53. The van der Waals surface area contributed by atoms with E-state index in [0.29, 0.717) is 42.4 Å². The minimum atomic E-state index is -0.320. The second-order valence-electron chi connectivity index (χ2n) is 10.3. The van der Waals surface area contributed by atoms with Gasteiger partial charge in [-0.15, -0.1) is 0 Å². The molecule has 0 fully saturated rings. The van der Waals surface area contributed by atoms with Gasteiger partial charge in [0.15, 0.2) is 0 Å². The number of fused-ring (bicyclic) bond motifs is 1. The van der Waals surface area contributed by atoms with Crippen LogP contribution in [0.2, 0.25) is 0 Å². The number of ether oxygens (including phenoxy) is 3. The SMILES string of the molecule is COc1cc(CN2CC(C)Oc3c(cc(CN(C)/C=C\N(C)C=N)cc3-c3ccc(F)cc3C)C2=O)cc(OC)c1. The smallest absolute Gasteiger partial charge is 0.258 e. The molecular weight excluding hydrogens is 523 g/mol. The van der Waals surface area contributed by atoms with E-state index in [4.69, 9.17) is 19.6 Å². The van der Waals surface area contributed by atoms with Gasteiger partial charge in [0.2, 0.25) is 0 Å². The first-order chi connectivity index (χ1) is 19.6. The number of methoxy groups -OCH3 is 2. The van der Waals surface area contributed by atoms with E-state index < -0.39 is 0 Å². The van der Waals surface area contributed by atoms with E-state index in [-0.39, 0.29) is 17.8 Å². The largest absolute Gasteiger partial charge is 0.497 e. The third kappa shape index (κ3) is 6.98. The lowest BCUT2D eigenvalue weighted by Crippen LogP contribution is -2.35. The molecule has 1 aliphatic heterocycles. The molecule has 0 saturated carbocycles. The third-order valence-electron chi connectivity index (χ3n) is 6.92. The number of hydrogen-bond acceptors (Lipinski definition) is 6. The quantitative estimate of drug-likeness (QED) is 0.254. The average Bonchev–Trinajstić information content (AvgIpc) is 3.06. The number of amides is 1. The topological polar surface area (TPSA) is 78.3 Å². The number of nitrogens with one attached hydrogen (secondary N) is 1. The molecule has 1 amide bonds. The molecule has 1 heterocycles. The molecule has 1 aliphatic rings. The molecule has 1 N–H and O–H groups in total. The summed E-state index contributed by atoms with van der Waals surface area (Å²) < 4.78 is 31.4. The zero-order valence-corrected chi connectivity index (χ0v) is 24.4. The highest BCUT2D eigenvalue weighted by Crippen LogP contribution is 2.40. The van der Waals surface area contributed by atoms with Crippen molar-refractivity contribution in [2.24, 2.45) is 0 Å². The summed E-state index contributed by atoms with van der Waals surface area (Å²) in [5.74, 6) is 1.31. The van der Waals surface area contributed by atoms with Crippen LogP contribution in [0.1, 0.15) is 34.0 Å². The number of carbonyl (C=O) groups is 1. The molecule has 1 atom stereocenters. The molecule has 0 aliphatic carbocycles. The van der Waals surface area contributed by atoms with Crippen LogP contribution in [-0.2, 0) is 13.1 Å². The van der Waals surface area contributed by atoms with Gasteiger partial charge in [-0.05, 0) is 72.5 Å². The van der Waals surface area contributed by atoms with Crippen molar-refractivity contribution >= 4 is 12.2 Å². The molecular formula is C32H37FN4O4. The molecule has 0 saturated heterocycles. The van der Waals surface area contributed by atoms with Crippen LogP contribution in [0.25, 0.3) is 11.1 Å². The Kier molecular flexibility index (Phi) is 9.17. The van der Waals surface area contributed by atoms with Gasteiger partial charge in [-0.1, -0.05) is 6.07 Å². The van der Waals surface area contributed by atoms with E-state index in [0.717, 1.165) is 27.8 Å². The molecule has 4 rings (SSSR count).